The fourth-order valence-electron chi connectivity index (χ4n) is 1.16. The van der Waals surface area contributed by atoms with Gasteiger partial charge in [0.05, 0.1) is 39.0 Å². The van der Waals surface area contributed by atoms with Crippen LogP contribution in [0.1, 0.15) is 6.42 Å². The normalized spacial score (nSPS) is 13.5. The summed E-state index contributed by atoms with van der Waals surface area (Å²) in [6.07, 6.45) is -5.42. The molecule has 0 radical (unpaired) electrons. The van der Waals surface area contributed by atoms with Gasteiger partial charge >= 0.3 is 12.1 Å². The van der Waals surface area contributed by atoms with Crippen LogP contribution in [0, 0.1) is 0 Å². The molecule has 0 aromatic carbocycles. The molecule has 6 N–H and O–H groups in total. The number of hydrogen-bond donors (Lipinski definition) is 3. The first-order chi connectivity index (χ1) is 10.1. The van der Waals surface area contributed by atoms with Gasteiger partial charge in [-0.25, -0.2) is 4.79 Å². The van der Waals surface area contributed by atoms with Crippen molar-refractivity contribution >= 4 is 17.6 Å². The number of esters is 1. The van der Waals surface area contributed by atoms with Crippen LogP contribution in [0.4, 0.5) is 13.2 Å². The monoisotopic (exact) mass is 326 g/mol. The van der Waals surface area contributed by atoms with Crippen molar-refractivity contribution in [2.75, 3.05) is 26.9 Å². The Morgan fingerprint density at radius 1 is 1.09 bits per heavy atom. The second-order valence-electron chi connectivity index (χ2n) is 3.89. The zero-order chi connectivity index (χ0) is 17.3. The van der Waals surface area contributed by atoms with Gasteiger partial charge in [-0.05, 0) is 0 Å². The van der Waals surface area contributed by atoms with E-state index >= 15 is 0 Å². The maximum Gasteiger partial charge on any atom is 0.391 e. The number of methoxy groups -OCH3 is 1. The van der Waals surface area contributed by atoms with E-state index in [0.29, 0.717) is 0 Å². The highest BCUT2D eigenvalue weighted by Crippen LogP contribution is 2.18. The molecule has 0 saturated heterocycles. The van der Waals surface area contributed by atoms with Crippen molar-refractivity contribution in [2.45, 2.75) is 12.6 Å². The second kappa shape index (κ2) is 8.87. The summed E-state index contributed by atoms with van der Waals surface area (Å²) in [4.78, 5) is 26.0. The standard InChI is InChI=1S/C11H17F3N4O4/c1-21-10(20)7(16)6(15)8(9(17)19)18-3-5-22-4-2-11(12,13)14/h2-5,15-16H2,1H3,(H2,17,19). The van der Waals surface area contributed by atoms with Crippen LogP contribution in [0.25, 0.3) is 0 Å². The molecule has 1 amide bonds. The maximum absolute atomic E-state index is 11.9. The van der Waals surface area contributed by atoms with Crippen molar-refractivity contribution < 1.29 is 32.2 Å². The number of nitrogens with two attached hydrogens (primary N) is 3. The van der Waals surface area contributed by atoms with E-state index in [0.717, 1.165) is 7.11 Å². The van der Waals surface area contributed by atoms with Gasteiger partial charge in [-0.1, -0.05) is 0 Å². The number of rotatable bonds is 8. The molecule has 0 spiro atoms. The third kappa shape index (κ3) is 7.47. The van der Waals surface area contributed by atoms with Gasteiger partial charge in [-0.15, -0.1) is 0 Å². The van der Waals surface area contributed by atoms with Crippen molar-refractivity contribution in [1.29, 1.82) is 0 Å². The number of ether oxygens (including phenoxy) is 2. The molecule has 0 aromatic heterocycles. The molecule has 22 heavy (non-hydrogen) atoms. The number of aliphatic imine (C=N–C) groups is 1. The largest absolute Gasteiger partial charge is 0.464 e. The predicted octanol–water partition coefficient (Wildman–Crippen LogP) is -0.816. The molecule has 0 aliphatic carbocycles. The Morgan fingerprint density at radius 2 is 1.68 bits per heavy atom. The average Bonchev–Trinajstić information content (AvgIpc) is 2.42. The van der Waals surface area contributed by atoms with Crippen LogP contribution < -0.4 is 17.2 Å². The van der Waals surface area contributed by atoms with Gasteiger partial charge in [0, 0.05) is 0 Å². The molecule has 8 nitrogen and oxygen atoms in total. The minimum Gasteiger partial charge on any atom is -0.464 e. The Hall–Kier alpha value is -2.30. The number of nitrogens with zero attached hydrogens (tertiary/aromatic N) is 1. The van der Waals surface area contributed by atoms with Crippen molar-refractivity contribution in [3.8, 4) is 0 Å². The highest BCUT2D eigenvalue weighted by Gasteiger charge is 2.26. The second-order valence-corrected chi connectivity index (χ2v) is 3.89. The molecule has 126 valence electrons. The molecule has 0 aliphatic rings. The molecular formula is C11H17F3N4O4. The van der Waals surface area contributed by atoms with Crippen LogP contribution in [0.2, 0.25) is 0 Å². The number of carbonyl (C=O) groups excluding carboxylic acids is 2. The summed E-state index contributed by atoms with van der Waals surface area (Å²) in [7, 11) is 1.05. The molecule has 0 fully saturated rings. The summed E-state index contributed by atoms with van der Waals surface area (Å²) in [5.74, 6) is -2.03. The first-order valence-corrected chi connectivity index (χ1v) is 5.92. The summed E-state index contributed by atoms with van der Waals surface area (Å²) < 4.78 is 44.6. The third-order valence-corrected chi connectivity index (χ3v) is 2.22. The van der Waals surface area contributed by atoms with Gasteiger partial charge in [-0.3, -0.25) is 9.79 Å². The quantitative estimate of drug-likeness (QED) is 0.230. The SMILES string of the molecule is COC(=O)C(N)=C(N)C(=NCCOCCC(F)(F)F)C(N)=O. The van der Waals surface area contributed by atoms with Crippen molar-refractivity contribution in [3.63, 3.8) is 0 Å². The summed E-state index contributed by atoms with van der Waals surface area (Å²) in [6.45, 7) is -0.926. The van der Waals surface area contributed by atoms with E-state index in [2.05, 4.69) is 14.5 Å². The maximum atomic E-state index is 11.9. The van der Waals surface area contributed by atoms with Crippen LogP contribution in [0.5, 0.6) is 0 Å². The summed E-state index contributed by atoms with van der Waals surface area (Å²) >= 11 is 0. The van der Waals surface area contributed by atoms with Crippen molar-refractivity contribution in [2.24, 2.45) is 22.2 Å². The fourth-order valence-corrected chi connectivity index (χ4v) is 1.16. The molecule has 0 bridgehead atoms. The summed E-state index contributed by atoms with van der Waals surface area (Å²) in [5, 5.41) is 0. The Morgan fingerprint density at radius 3 is 2.14 bits per heavy atom. The molecule has 0 aliphatic heterocycles. The lowest BCUT2D eigenvalue weighted by Gasteiger charge is -2.08. The van der Waals surface area contributed by atoms with Crippen LogP contribution in [0.3, 0.4) is 0 Å². The Bertz CT molecular complexity index is 474. The van der Waals surface area contributed by atoms with E-state index in [9.17, 15) is 22.8 Å². The lowest BCUT2D eigenvalue weighted by atomic mass is 10.2. The van der Waals surface area contributed by atoms with Gasteiger partial charge < -0.3 is 26.7 Å². The molecule has 0 atom stereocenters. The number of carbonyl (C=O) groups is 2. The van der Waals surface area contributed by atoms with Gasteiger partial charge in [0.2, 0.25) is 0 Å². The molecule has 11 heteroatoms. The first kappa shape index (κ1) is 19.7. The van der Waals surface area contributed by atoms with Crippen molar-refractivity contribution in [1.82, 2.24) is 0 Å². The number of amides is 1. The van der Waals surface area contributed by atoms with Gasteiger partial charge in [0.1, 0.15) is 11.4 Å². The number of hydrogen-bond acceptors (Lipinski definition) is 7. The van der Waals surface area contributed by atoms with E-state index in [1.54, 1.807) is 0 Å². The Balaban J connectivity index is 4.65. The van der Waals surface area contributed by atoms with E-state index in [1.165, 1.54) is 0 Å². The molecular weight excluding hydrogens is 309 g/mol. The van der Waals surface area contributed by atoms with Gasteiger partial charge in [0.15, 0.2) is 0 Å². The predicted molar refractivity (Wildman–Crippen MR) is 70.4 cm³/mol. The molecule has 0 unspecified atom stereocenters. The fraction of sp³-hybridized carbons (Fsp3) is 0.545. The first-order valence-electron chi connectivity index (χ1n) is 5.92. The minimum absolute atomic E-state index is 0.189. The van der Waals surface area contributed by atoms with E-state index in [4.69, 9.17) is 17.2 Å². The topological polar surface area (TPSA) is 143 Å². The highest BCUT2D eigenvalue weighted by atomic mass is 19.4. The number of halogens is 3. The summed E-state index contributed by atoms with van der Waals surface area (Å²) in [5.41, 5.74) is 14.3. The van der Waals surface area contributed by atoms with Crippen LogP contribution in [-0.2, 0) is 19.1 Å². The lowest BCUT2D eigenvalue weighted by Crippen LogP contribution is -2.33. The highest BCUT2D eigenvalue weighted by molar-refractivity contribution is 6.45. The van der Waals surface area contributed by atoms with Crippen LogP contribution >= 0.6 is 0 Å². The zero-order valence-electron chi connectivity index (χ0n) is 11.8. The van der Waals surface area contributed by atoms with Gasteiger partial charge in [0.25, 0.3) is 5.91 Å². The Labute approximate surface area is 124 Å². The average molecular weight is 326 g/mol. The smallest absolute Gasteiger partial charge is 0.391 e. The van der Waals surface area contributed by atoms with Gasteiger partial charge in [-0.2, -0.15) is 13.2 Å². The van der Waals surface area contributed by atoms with Crippen molar-refractivity contribution in [3.05, 3.63) is 11.4 Å². The summed E-state index contributed by atoms with van der Waals surface area (Å²) in [6, 6.07) is 0. The van der Waals surface area contributed by atoms with E-state index < -0.39 is 48.2 Å². The number of alkyl halides is 3. The van der Waals surface area contributed by atoms with Crippen LogP contribution in [-0.4, -0.2) is 50.6 Å². The molecule has 0 saturated carbocycles. The lowest BCUT2D eigenvalue weighted by molar-refractivity contribution is -0.145. The zero-order valence-corrected chi connectivity index (χ0v) is 11.8. The van der Waals surface area contributed by atoms with Crippen LogP contribution in [0.15, 0.2) is 16.4 Å². The minimum atomic E-state index is -4.32. The Kier molecular flexibility index (Phi) is 7.94. The van der Waals surface area contributed by atoms with E-state index in [1.807, 2.05) is 0 Å². The molecule has 0 aromatic rings. The van der Waals surface area contributed by atoms with E-state index in [-0.39, 0.29) is 13.2 Å². The third-order valence-electron chi connectivity index (χ3n) is 2.22. The molecule has 0 heterocycles. The number of primary amides is 1. The molecule has 0 rings (SSSR count).